The van der Waals surface area contributed by atoms with E-state index in [1.165, 1.54) is 31.2 Å². The predicted molar refractivity (Wildman–Crippen MR) is 58.4 cm³/mol. The van der Waals surface area contributed by atoms with Crippen molar-refractivity contribution in [2.24, 2.45) is 5.73 Å². The summed E-state index contributed by atoms with van der Waals surface area (Å²) < 4.78 is 0. The monoisotopic (exact) mass is 187 g/mol. The highest BCUT2D eigenvalue weighted by atomic mass is 14.8. The van der Waals surface area contributed by atoms with E-state index in [2.05, 4.69) is 25.1 Å². The Morgan fingerprint density at radius 3 is 2.86 bits per heavy atom. The Kier molecular flexibility index (Phi) is 1.58. The van der Waals surface area contributed by atoms with E-state index in [1.807, 2.05) is 0 Å². The standard InChI is InChI=1S/C13H17N/c1-9-3-2-4-11-10(9)5-6-12(14)13(11)7-8-13/h2-4,12H,5-8,14H2,1H3. The predicted octanol–water partition coefficient (Wildman–Crippen LogP) is 2.30. The molecule has 0 aromatic heterocycles. The van der Waals surface area contributed by atoms with E-state index >= 15 is 0 Å². The van der Waals surface area contributed by atoms with Gasteiger partial charge in [0.05, 0.1) is 0 Å². The number of rotatable bonds is 0. The van der Waals surface area contributed by atoms with Gasteiger partial charge in [-0.1, -0.05) is 18.2 Å². The van der Waals surface area contributed by atoms with Crippen LogP contribution in [-0.4, -0.2) is 6.04 Å². The Balaban J connectivity index is 2.18. The second-order valence-corrected chi connectivity index (χ2v) is 4.90. The second kappa shape index (κ2) is 2.60. The van der Waals surface area contributed by atoms with Crippen molar-refractivity contribution in [3.8, 4) is 0 Å². The van der Waals surface area contributed by atoms with E-state index in [9.17, 15) is 0 Å². The summed E-state index contributed by atoms with van der Waals surface area (Å²) in [5.74, 6) is 0. The van der Waals surface area contributed by atoms with E-state index in [-0.39, 0.29) is 0 Å². The molecule has 1 unspecified atom stereocenters. The molecule has 0 aliphatic heterocycles. The van der Waals surface area contributed by atoms with Crippen LogP contribution in [0.3, 0.4) is 0 Å². The van der Waals surface area contributed by atoms with Gasteiger partial charge >= 0.3 is 0 Å². The summed E-state index contributed by atoms with van der Waals surface area (Å²) in [7, 11) is 0. The molecule has 2 N–H and O–H groups in total. The third kappa shape index (κ3) is 0.936. The molecule has 14 heavy (non-hydrogen) atoms. The van der Waals surface area contributed by atoms with Crippen molar-refractivity contribution >= 4 is 0 Å². The lowest BCUT2D eigenvalue weighted by Gasteiger charge is -2.32. The minimum absolute atomic E-state index is 0.388. The van der Waals surface area contributed by atoms with Crippen LogP contribution in [0.4, 0.5) is 0 Å². The normalized spacial score (nSPS) is 27.4. The maximum atomic E-state index is 6.24. The SMILES string of the molecule is Cc1cccc2c1CCC(N)C21CC1. The van der Waals surface area contributed by atoms with Gasteiger partial charge in [-0.15, -0.1) is 0 Å². The van der Waals surface area contributed by atoms with Crippen LogP contribution in [0, 0.1) is 6.92 Å². The number of hydrogen-bond acceptors (Lipinski definition) is 1. The summed E-state index contributed by atoms with van der Waals surface area (Å²) in [5, 5.41) is 0. The van der Waals surface area contributed by atoms with E-state index in [0.717, 1.165) is 0 Å². The first-order chi connectivity index (χ1) is 6.74. The molecule has 2 aliphatic carbocycles. The fraction of sp³-hybridized carbons (Fsp3) is 0.538. The number of hydrogen-bond donors (Lipinski definition) is 1. The van der Waals surface area contributed by atoms with Crippen molar-refractivity contribution in [1.82, 2.24) is 0 Å². The van der Waals surface area contributed by atoms with E-state index in [1.54, 1.807) is 11.1 Å². The second-order valence-electron chi connectivity index (χ2n) is 4.90. The Morgan fingerprint density at radius 1 is 1.36 bits per heavy atom. The van der Waals surface area contributed by atoms with Crippen molar-refractivity contribution in [3.63, 3.8) is 0 Å². The molecule has 1 atom stereocenters. The van der Waals surface area contributed by atoms with Gasteiger partial charge in [0.2, 0.25) is 0 Å². The molecule has 1 heteroatoms. The Hall–Kier alpha value is -0.820. The molecule has 0 heterocycles. The van der Waals surface area contributed by atoms with Gasteiger partial charge in [0.15, 0.2) is 0 Å². The zero-order valence-corrected chi connectivity index (χ0v) is 8.72. The Morgan fingerprint density at radius 2 is 2.14 bits per heavy atom. The molecule has 2 aliphatic rings. The maximum absolute atomic E-state index is 6.24. The van der Waals surface area contributed by atoms with Gasteiger partial charge in [-0.3, -0.25) is 0 Å². The molecule has 3 rings (SSSR count). The third-order valence-electron chi connectivity index (χ3n) is 4.15. The molecular weight excluding hydrogens is 170 g/mol. The van der Waals surface area contributed by atoms with E-state index < -0.39 is 0 Å². The number of aryl methyl sites for hydroxylation is 1. The number of benzene rings is 1. The van der Waals surface area contributed by atoms with Gasteiger partial charge < -0.3 is 5.73 Å². The molecule has 1 fully saturated rings. The Labute approximate surface area is 85.3 Å². The molecule has 1 aromatic rings. The zero-order valence-electron chi connectivity index (χ0n) is 8.72. The first-order valence-corrected chi connectivity index (χ1v) is 5.58. The van der Waals surface area contributed by atoms with Gasteiger partial charge in [0, 0.05) is 11.5 Å². The van der Waals surface area contributed by atoms with Crippen molar-refractivity contribution in [3.05, 3.63) is 34.9 Å². The van der Waals surface area contributed by atoms with Gasteiger partial charge in [-0.05, 0) is 49.3 Å². The van der Waals surface area contributed by atoms with Crippen molar-refractivity contribution in [2.75, 3.05) is 0 Å². The summed E-state index contributed by atoms with van der Waals surface area (Å²) in [4.78, 5) is 0. The summed E-state index contributed by atoms with van der Waals surface area (Å²) in [5.41, 5.74) is 11.2. The minimum Gasteiger partial charge on any atom is -0.327 e. The van der Waals surface area contributed by atoms with Gasteiger partial charge in [-0.2, -0.15) is 0 Å². The van der Waals surface area contributed by atoms with Gasteiger partial charge in [0.1, 0.15) is 0 Å². The van der Waals surface area contributed by atoms with Crippen LogP contribution in [0.2, 0.25) is 0 Å². The molecule has 0 radical (unpaired) electrons. The summed E-state index contributed by atoms with van der Waals surface area (Å²) in [6.07, 6.45) is 4.98. The van der Waals surface area contributed by atoms with E-state index in [0.29, 0.717) is 11.5 Å². The van der Waals surface area contributed by atoms with Gasteiger partial charge in [-0.25, -0.2) is 0 Å². The van der Waals surface area contributed by atoms with Crippen molar-refractivity contribution in [2.45, 2.75) is 44.1 Å². The number of nitrogens with two attached hydrogens (primary N) is 1. The highest BCUT2D eigenvalue weighted by molar-refractivity contribution is 5.46. The molecule has 74 valence electrons. The fourth-order valence-corrected chi connectivity index (χ4v) is 3.05. The molecule has 0 saturated heterocycles. The minimum atomic E-state index is 0.388. The molecule has 1 aromatic carbocycles. The van der Waals surface area contributed by atoms with Crippen LogP contribution in [0.5, 0.6) is 0 Å². The third-order valence-corrected chi connectivity index (χ3v) is 4.15. The van der Waals surface area contributed by atoms with Gasteiger partial charge in [0.25, 0.3) is 0 Å². The van der Waals surface area contributed by atoms with Crippen LogP contribution in [-0.2, 0) is 11.8 Å². The summed E-state index contributed by atoms with van der Waals surface area (Å²) >= 11 is 0. The van der Waals surface area contributed by atoms with E-state index in [4.69, 9.17) is 5.73 Å². The number of fused-ring (bicyclic) bond motifs is 2. The quantitative estimate of drug-likeness (QED) is 0.662. The highest BCUT2D eigenvalue weighted by Gasteiger charge is 2.51. The lowest BCUT2D eigenvalue weighted by molar-refractivity contribution is 0.453. The Bertz CT molecular complexity index is 377. The molecule has 0 amide bonds. The van der Waals surface area contributed by atoms with Crippen LogP contribution in [0.25, 0.3) is 0 Å². The molecule has 1 spiro atoms. The fourth-order valence-electron chi connectivity index (χ4n) is 3.05. The molecular formula is C13H17N. The lowest BCUT2D eigenvalue weighted by Crippen LogP contribution is -2.39. The van der Waals surface area contributed by atoms with Crippen LogP contribution in [0.15, 0.2) is 18.2 Å². The average molecular weight is 187 g/mol. The smallest absolute Gasteiger partial charge is 0.0140 e. The van der Waals surface area contributed by atoms with Crippen LogP contribution in [0.1, 0.15) is 36.0 Å². The van der Waals surface area contributed by atoms with Crippen LogP contribution >= 0.6 is 0 Å². The maximum Gasteiger partial charge on any atom is 0.0140 e. The lowest BCUT2D eigenvalue weighted by atomic mass is 9.75. The van der Waals surface area contributed by atoms with Crippen molar-refractivity contribution < 1.29 is 0 Å². The largest absolute Gasteiger partial charge is 0.327 e. The first kappa shape index (κ1) is 8.49. The van der Waals surface area contributed by atoms with Crippen LogP contribution < -0.4 is 5.73 Å². The molecule has 1 saturated carbocycles. The van der Waals surface area contributed by atoms with Crippen molar-refractivity contribution in [1.29, 1.82) is 0 Å². The summed E-state index contributed by atoms with van der Waals surface area (Å²) in [6, 6.07) is 7.13. The highest BCUT2D eigenvalue weighted by Crippen LogP contribution is 2.54. The zero-order chi connectivity index (χ0) is 9.76. The summed E-state index contributed by atoms with van der Waals surface area (Å²) in [6.45, 7) is 2.23. The molecule has 0 bridgehead atoms. The average Bonchev–Trinajstić information content (AvgIpc) is 2.94. The first-order valence-electron chi connectivity index (χ1n) is 5.58. The topological polar surface area (TPSA) is 26.0 Å². The molecule has 1 nitrogen and oxygen atoms in total.